The maximum Gasteiger partial charge on any atom is 0.113 e. The van der Waals surface area contributed by atoms with E-state index in [1.807, 2.05) is 0 Å². The van der Waals surface area contributed by atoms with E-state index in [0.29, 0.717) is 0 Å². The average molecular weight is 132 g/mol. The molecule has 0 aromatic carbocycles. The van der Waals surface area contributed by atoms with Gasteiger partial charge in [0.2, 0.25) is 0 Å². The fourth-order valence-corrected chi connectivity index (χ4v) is 0.348. The van der Waals surface area contributed by atoms with Crippen molar-refractivity contribution in [3.63, 3.8) is 0 Å². The molecule has 3 heteroatoms. The van der Waals surface area contributed by atoms with Gasteiger partial charge in [0.15, 0.2) is 0 Å². The quantitative estimate of drug-likeness (QED) is 0.553. The van der Waals surface area contributed by atoms with Crippen molar-refractivity contribution in [2.45, 2.75) is 26.1 Å². The van der Waals surface area contributed by atoms with Gasteiger partial charge in [-0.2, -0.15) is 0 Å². The van der Waals surface area contributed by atoms with E-state index in [9.17, 15) is 10.2 Å². The van der Waals surface area contributed by atoms with Gasteiger partial charge in [-0.05, 0) is 13.8 Å². The van der Waals surface area contributed by atoms with Crippen LogP contribution < -0.4 is 0 Å². The van der Waals surface area contributed by atoms with E-state index in [1.165, 1.54) is 6.92 Å². The summed E-state index contributed by atoms with van der Waals surface area (Å²) in [7, 11) is 0. The lowest BCUT2D eigenvalue weighted by Gasteiger charge is -2.08. The first-order valence-electron chi connectivity index (χ1n) is 3.02. The highest BCUT2D eigenvalue weighted by molar-refractivity contribution is 4.47. The first-order valence-corrected chi connectivity index (χ1v) is 3.02. The smallest absolute Gasteiger partial charge is 0.113 e. The molecule has 0 bridgehead atoms. The first-order chi connectivity index (χ1) is 4.16. The third kappa shape index (κ3) is 5.76. The van der Waals surface area contributed by atoms with E-state index in [4.69, 9.17) is 4.74 Å². The van der Waals surface area contributed by atoms with E-state index in [-0.39, 0.29) is 19.3 Å². The Balaban J connectivity index is 3.06. The molecule has 0 aliphatic heterocycles. The average Bonchev–Trinajstić information content (AvgIpc) is 1.83. The zero-order chi connectivity index (χ0) is 7.28. The first kappa shape index (κ1) is 8.88. The second-order valence-corrected chi connectivity index (χ2v) is 2.12. The van der Waals surface area contributed by atoms with Gasteiger partial charge in [-0.1, -0.05) is 0 Å². The lowest BCUT2D eigenvalue weighted by molar-refractivity contribution is -0.0491. The van der Waals surface area contributed by atoms with E-state index in [2.05, 4.69) is 0 Å². The molecule has 0 aromatic heterocycles. The Hall–Kier alpha value is -0.120. The van der Waals surface area contributed by atoms with Gasteiger partial charge < -0.3 is 4.74 Å². The van der Waals surface area contributed by atoms with E-state index in [1.54, 1.807) is 6.92 Å². The third-order valence-electron chi connectivity index (χ3n) is 0.850. The molecule has 3 nitrogen and oxygen atoms in total. The fraction of sp³-hybridized carbons (Fsp3) is 1.00. The molecule has 2 radical (unpaired) electrons. The lowest BCUT2D eigenvalue weighted by Crippen LogP contribution is -2.18. The number of hydrogen-bond acceptors (Lipinski definition) is 1. The highest BCUT2D eigenvalue weighted by Gasteiger charge is 2.02. The summed E-state index contributed by atoms with van der Waals surface area (Å²) in [5.41, 5.74) is 0. The van der Waals surface area contributed by atoms with Gasteiger partial charge in [-0.3, -0.25) is 0 Å². The molecule has 0 spiro atoms. The summed E-state index contributed by atoms with van der Waals surface area (Å²) in [6.45, 7) is 3.04. The summed E-state index contributed by atoms with van der Waals surface area (Å²) >= 11 is 0. The summed E-state index contributed by atoms with van der Waals surface area (Å²) in [5, 5.41) is 20.3. The summed E-state index contributed by atoms with van der Waals surface area (Å²) in [6, 6.07) is 0. The molecular weight excluding hydrogens is 120 g/mol. The Kier molecular flexibility index (Phi) is 4.67. The second-order valence-electron chi connectivity index (χ2n) is 2.12. The summed E-state index contributed by atoms with van der Waals surface area (Å²) in [4.78, 5) is 0. The molecule has 9 heavy (non-hydrogen) atoms. The van der Waals surface area contributed by atoms with Gasteiger partial charge in [0, 0.05) is 0 Å². The highest BCUT2D eigenvalue weighted by atomic mass is 16.5. The Morgan fingerprint density at radius 2 is 2.00 bits per heavy atom. The van der Waals surface area contributed by atoms with Crippen LogP contribution >= 0.6 is 0 Å². The molecular formula is C6H12O3. The van der Waals surface area contributed by atoms with Crippen molar-refractivity contribution in [1.29, 1.82) is 0 Å². The van der Waals surface area contributed by atoms with Gasteiger partial charge in [-0.25, -0.2) is 10.2 Å². The maximum atomic E-state index is 10.3. The van der Waals surface area contributed by atoms with E-state index in [0.717, 1.165) is 0 Å². The topological polar surface area (TPSA) is 49.0 Å². The Morgan fingerprint density at radius 1 is 1.44 bits per heavy atom. The molecule has 0 fully saturated rings. The highest BCUT2D eigenvalue weighted by Crippen LogP contribution is 1.91. The minimum atomic E-state index is -0.723. The van der Waals surface area contributed by atoms with Crippen LogP contribution in [0.5, 0.6) is 0 Å². The van der Waals surface area contributed by atoms with Gasteiger partial charge in [0.1, 0.15) is 12.7 Å². The van der Waals surface area contributed by atoms with Crippen LogP contribution in [-0.2, 0) is 14.9 Å². The number of rotatable bonds is 4. The summed E-state index contributed by atoms with van der Waals surface area (Å²) in [5.74, 6) is 0. The van der Waals surface area contributed by atoms with Crippen LogP contribution in [0.4, 0.5) is 0 Å². The zero-order valence-corrected chi connectivity index (χ0v) is 5.79. The van der Waals surface area contributed by atoms with Crippen LogP contribution in [0.25, 0.3) is 0 Å². The molecule has 0 saturated heterocycles. The van der Waals surface area contributed by atoms with Crippen molar-refractivity contribution in [2.24, 2.45) is 0 Å². The van der Waals surface area contributed by atoms with Crippen molar-refractivity contribution in [3.8, 4) is 0 Å². The minimum absolute atomic E-state index is 0.142. The predicted octanol–water partition coefficient (Wildman–Crippen LogP) is 0.641. The molecule has 2 unspecified atom stereocenters. The Bertz CT molecular complexity index is 63.3. The molecule has 0 aliphatic rings. The van der Waals surface area contributed by atoms with Crippen LogP contribution in [-0.4, -0.2) is 25.4 Å². The van der Waals surface area contributed by atoms with Crippen molar-refractivity contribution < 1.29 is 14.9 Å². The van der Waals surface area contributed by atoms with Crippen molar-refractivity contribution in [2.75, 3.05) is 13.2 Å². The van der Waals surface area contributed by atoms with E-state index < -0.39 is 6.10 Å². The third-order valence-corrected chi connectivity index (χ3v) is 0.850. The number of hydrogen-bond donors (Lipinski definition) is 0. The van der Waals surface area contributed by atoms with Crippen LogP contribution in [0.3, 0.4) is 0 Å². The molecule has 0 aliphatic carbocycles. The van der Waals surface area contributed by atoms with Gasteiger partial charge in [0.05, 0.1) is 12.7 Å². The molecule has 0 aromatic rings. The predicted molar refractivity (Wildman–Crippen MR) is 31.1 cm³/mol. The van der Waals surface area contributed by atoms with Crippen LogP contribution in [0.15, 0.2) is 0 Å². The fourth-order valence-electron chi connectivity index (χ4n) is 0.348. The molecule has 0 N–H and O–H groups in total. The van der Waals surface area contributed by atoms with Gasteiger partial charge in [0.25, 0.3) is 0 Å². The monoisotopic (exact) mass is 132 g/mol. The van der Waals surface area contributed by atoms with Crippen LogP contribution in [0.2, 0.25) is 0 Å². The SMILES string of the molecule is CC([O])COC(C)C[O]. The second kappa shape index (κ2) is 4.73. The summed E-state index contributed by atoms with van der Waals surface area (Å²) in [6.07, 6.45) is -1.04. The number of ether oxygens (including phenoxy) is 1. The molecule has 54 valence electrons. The largest absolute Gasteiger partial charge is 0.373 e. The summed E-state index contributed by atoms with van der Waals surface area (Å²) < 4.78 is 4.83. The Morgan fingerprint density at radius 3 is 2.33 bits per heavy atom. The molecule has 0 heterocycles. The molecule has 0 rings (SSSR count). The van der Waals surface area contributed by atoms with Crippen molar-refractivity contribution in [3.05, 3.63) is 0 Å². The normalized spacial score (nSPS) is 17.3. The van der Waals surface area contributed by atoms with Crippen molar-refractivity contribution >= 4 is 0 Å². The molecule has 0 amide bonds. The Labute approximate surface area is 55.3 Å². The lowest BCUT2D eigenvalue weighted by atomic mass is 10.4. The van der Waals surface area contributed by atoms with Crippen LogP contribution in [0, 0.1) is 0 Å². The van der Waals surface area contributed by atoms with Crippen LogP contribution in [0.1, 0.15) is 13.8 Å². The minimum Gasteiger partial charge on any atom is -0.373 e. The van der Waals surface area contributed by atoms with Gasteiger partial charge >= 0.3 is 0 Å². The zero-order valence-electron chi connectivity index (χ0n) is 5.79. The van der Waals surface area contributed by atoms with Gasteiger partial charge in [-0.15, -0.1) is 0 Å². The molecule has 0 saturated carbocycles. The maximum absolute atomic E-state index is 10.3. The standard InChI is InChI=1S/C6H12O3/c1-5(8)4-9-6(2)3-7/h5-6H,3-4H2,1-2H3. The van der Waals surface area contributed by atoms with E-state index >= 15 is 0 Å². The molecule has 2 atom stereocenters. The van der Waals surface area contributed by atoms with Crippen molar-refractivity contribution in [1.82, 2.24) is 0 Å².